The van der Waals surface area contributed by atoms with Crippen molar-refractivity contribution in [2.75, 3.05) is 13.2 Å². The third-order valence-electron chi connectivity index (χ3n) is 4.18. The molecule has 2 aromatic rings. The van der Waals surface area contributed by atoms with Gasteiger partial charge in [0, 0.05) is 18.9 Å². The van der Waals surface area contributed by atoms with Crippen LogP contribution in [0.5, 0.6) is 5.75 Å². The third-order valence-corrected chi connectivity index (χ3v) is 4.18. The Balaban J connectivity index is 1.35. The lowest BCUT2D eigenvalue weighted by Crippen LogP contribution is -2.37. The molecule has 5 heteroatoms. The van der Waals surface area contributed by atoms with E-state index in [1.54, 1.807) is 12.4 Å². The minimum atomic E-state index is -0.194. The molecule has 0 bridgehead atoms. The van der Waals surface area contributed by atoms with Crippen molar-refractivity contribution in [3.05, 3.63) is 59.4 Å². The summed E-state index contributed by atoms with van der Waals surface area (Å²) in [6.45, 7) is 1.42. The lowest BCUT2D eigenvalue weighted by atomic mass is 9.92. The summed E-state index contributed by atoms with van der Waals surface area (Å²) in [5.74, 6) is 0.884. The van der Waals surface area contributed by atoms with Crippen molar-refractivity contribution in [2.45, 2.75) is 32.2 Å². The van der Waals surface area contributed by atoms with Crippen molar-refractivity contribution in [1.82, 2.24) is 15.6 Å². The van der Waals surface area contributed by atoms with Crippen LogP contribution in [0.2, 0.25) is 0 Å². The van der Waals surface area contributed by atoms with Gasteiger partial charge in [-0.1, -0.05) is 6.07 Å². The lowest BCUT2D eigenvalue weighted by Gasteiger charge is -2.17. The number of fused-ring (bicyclic) bond motifs is 1. The van der Waals surface area contributed by atoms with Gasteiger partial charge in [-0.05, 0) is 66.6 Å². The van der Waals surface area contributed by atoms with Gasteiger partial charge < -0.3 is 15.4 Å². The summed E-state index contributed by atoms with van der Waals surface area (Å²) in [4.78, 5) is 15.7. The van der Waals surface area contributed by atoms with E-state index in [9.17, 15) is 4.79 Å². The predicted molar refractivity (Wildman–Crippen MR) is 93.1 cm³/mol. The molecule has 2 amide bonds. The molecule has 1 aliphatic carbocycles. The fourth-order valence-electron chi connectivity index (χ4n) is 2.88. The van der Waals surface area contributed by atoms with Crippen molar-refractivity contribution in [2.24, 2.45) is 0 Å². The quantitative estimate of drug-likeness (QED) is 0.803. The van der Waals surface area contributed by atoms with E-state index in [-0.39, 0.29) is 6.03 Å². The Morgan fingerprint density at radius 3 is 2.67 bits per heavy atom. The van der Waals surface area contributed by atoms with Gasteiger partial charge in [0.15, 0.2) is 0 Å². The maximum Gasteiger partial charge on any atom is 0.315 e. The van der Waals surface area contributed by atoms with Gasteiger partial charge in [-0.25, -0.2) is 4.79 Å². The number of nitrogens with zero attached hydrogens (tertiary/aromatic N) is 1. The number of benzene rings is 1. The number of rotatable bonds is 6. The molecule has 24 heavy (non-hydrogen) atoms. The first-order valence-electron chi connectivity index (χ1n) is 8.46. The molecule has 1 aromatic carbocycles. The molecule has 2 N–H and O–H groups in total. The summed E-state index contributed by atoms with van der Waals surface area (Å²) in [5, 5.41) is 5.60. The van der Waals surface area contributed by atoms with Gasteiger partial charge >= 0.3 is 6.03 Å². The second-order valence-electron chi connectivity index (χ2n) is 5.95. The van der Waals surface area contributed by atoms with E-state index in [0.717, 1.165) is 17.7 Å². The number of pyridine rings is 1. The summed E-state index contributed by atoms with van der Waals surface area (Å²) in [7, 11) is 0. The second-order valence-corrected chi connectivity index (χ2v) is 5.95. The number of carbonyl (C=O) groups is 1. The molecular formula is C19H23N3O2. The lowest BCUT2D eigenvalue weighted by molar-refractivity contribution is 0.236. The Labute approximate surface area is 142 Å². The first kappa shape index (κ1) is 16.3. The van der Waals surface area contributed by atoms with E-state index < -0.39 is 0 Å². The highest BCUT2D eigenvalue weighted by atomic mass is 16.5. The number of amides is 2. The van der Waals surface area contributed by atoms with Crippen LogP contribution in [0.25, 0.3) is 0 Å². The second kappa shape index (κ2) is 8.34. The van der Waals surface area contributed by atoms with Crippen LogP contribution in [-0.2, 0) is 19.4 Å². The van der Waals surface area contributed by atoms with Crippen LogP contribution in [0, 0.1) is 0 Å². The van der Waals surface area contributed by atoms with Crippen molar-refractivity contribution in [1.29, 1.82) is 0 Å². The monoisotopic (exact) mass is 325 g/mol. The zero-order chi connectivity index (χ0) is 16.6. The van der Waals surface area contributed by atoms with Crippen LogP contribution in [0.15, 0.2) is 42.7 Å². The summed E-state index contributed by atoms with van der Waals surface area (Å²) in [5.41, 5.74) is 3.87. The van der Waals surface area contributed by atoms with Crippen molar-refractivity contribution < 1.29 is 9.53 Å². The van der Waals surface area contributed by atoms with Gasteiger partial charge in [0.2, 0.25) is 0 Å². The van der Waals surface area contributed by atoms with Crippen LogP contribution < -0.4 is 15.4 Å². The van der Waals surface area contributed by atoms with Crippen LogP contribution in [0.4, 0.5) is 4.79 Å². The Morgan fingerprint density at radius 2 is 1.83 bits per heavy atom. The summed E-state index contributed by atoms with van der Waals surface area (Å²) in [6.07, 6.45) is 8.28. The fourth-order valence-corrected chi connectivity index (χ4v) is 2.88. The fraction of sp³-hybridized carbons (Fsp3) is 0.368. The number of carbonyl (C=O) groups excluding carboxylic acids is 1. The highest BCUT2D eigenvalue weighted by molar-refractivity contribution is 5.73. The van der Waals surface area contributed by atoms with Crippen molar-refractivity contribution >= 4 is 6.03 Å². The first-order valence-corrected chi connectivity index (χ1v) is 8.46. The van der Waals surface area contributed by atoms with E-state index in [0.29, 0.717) is 19.7 Å². The largest absolute Gasteiger partial charge is 0.492 e. The number of hydrogen-bond donors (Lipinski definition) is 2. The van der Waals surface area contributed by atoms with Gasteiger partial charge in [0.25, 0.3) is 0 Å². The molecule has 1 aromatic heterocycles. The van der Waals surface area contributed by atoms with E-state index in [4.69, 9.17) is 4.74 Å². The van der Waals surface area contributed by atoms with E-state index in [1.807, 2.05) is 18.2 Å². The summed E-state index contributed by atoms with van der Waals surface area (Å²) < 4.78 is 5.73. The molecule has 5 nitrogen and oxygen atoms in total. The van der Waals surface area contributed by atoms with E-state index in [1.165, 1.54) is 30.4 Å². The summed E-state index contributed by atoms with van der Waals surface area (Å²) in [6, 6.07) is 9.88. The Hall–Kier alpha value is -2.56. The van der Waals surface area contributed by atoms with Gasteiger partial charge in [0.1, 0.15) is 12.4 Å². The molecule has 0 radical (unpaired) electrons. The predicted octanol–water partition coefficient (Wildman–Crippen LogP) is 2.84. The highest BCUT2D eigenvalue weighted by Crippen LogP contribution is 2.25. The average molecular weight is 325 g/mol. The van der Waals surface area contributed by atoms with Gasteiger partial charge in [-0.2, -0.15) is 0 Å². The Bertz CT molecular complexity index is 674. The number of urea groups is 1. The topological polar surface area (TPSA) is 63.2 Å². The standard InChI is InChI=1S/C19H23N3O2/c23-19(22-14-15-7-9-20-10-8-15)21-11-12-24-18-6-5-16-3-1-2-4-17(16)13-18/h5-10,13H,1-4,11-12,14H2,(H2,21,22,23). The Morgan fingerprint density at radius 1 is 1.04 bits per heavy atom. The SMILES string of the molecule is O=C(NCCOc1ccc2c(c1)CCCC2)NCc1ccncc1. The minimum absolute atomic E-state index is 0.194. The molecule has 0 unspecified atom stereocenters. The molecule has 0 atom stereocenters. The third kappa shape index (κ3) is 4.72. The van der Waals surface area contributed by atoms with Gasteiger partial charge in [-0.15, -0.1) is 0 Å². The Kier molecular flexibility index (Phi) is 5.66. The molecule has 3 rings (SSSR count). The first-order chi connectivity index (χ1) is 11.8. The molecule has 1 heterocycles. The van der Waals surface area contributed by atoms with Crippen LogP contribution >= 0.6 is 0 Å². The van der Waals surface area contributed by atoms with Gasteiger partial charge in [0.05, 0.1) is 6.54 Å². The molecule has 0 fully saturated rings. The normalized spacial score (nSPS) is 13.0. The van der Waals surface area contributed by atoms with Gasteiger partial charge in [-0.3, -0.25) is 4.98 Å². The molecule has 0 aliphatic heterocycles. The van der Waals surface area contributed by atoms with Crippen LogP contribution in [0.3, 0.4) is 0 Å². The number of hydrogen-bond acceptors (Lipinski definition) is 3. The number of nitrogens with one attached hydrogen (secondary N) is 2. The minimum Gasteiger partial charge on any atom is -0.492 e. The average Bonchev–Trinajstić information content (AvgIpc) is 2.64. The maximum atomic E-state index is 11.7. The summed E-state index contributed by atoms with van der Waals surface area (Å²) >= 11 is 0. The zero-order valence-corrected chi connectivity index (χ0v) is 13.8. The van der Waals surface area contributed by atoms with E-state index in [2.05, 4.69) is 27.8 Å². The number of ether oxygens (including phenoxy) is 1. The zero-order valence-electron chi connectivity index (χ0n) is 13.8. The highest BCUT2D eigenvalue weighted by Gasteiger charge is 2.09. The van der Waals surface area contributed by atoms with Crippen molar-refractivity contribution in [3.63, 3.8) is 0 Å². The molecule has 126 valence electrons. The molecular weight excluding hydrogens is 302 g/mol. The molecule has 0 spiro atoms. The maximum absolute atomic E-state index is 11.7. The number of aryl methyl sites for hydroxylation is 2. The number of aromatic nitrogens is 1. The molecule has 1 aliphatic rings. The van der Waals surface area contributed by atoms with E-state index >= 15 is 0 Å². The smallest absolute Gasteiger partial charge is 0.315 e. The molecule has 0 saturated heterocycles. The molecule has 0 saturated carbocycles. The van der Waals surface area contributed by atoms with Crippen molar-refractivity contribution in [3.8, 4) is 5.75 Å². The van der Waals surface area contributed by atoms with Crippen LogP contribution in [-0.4, -0.2) is 24.2 Å². The van der Waals surface area contributed by atoms with Crippen LogP contribution in [0.1, 0.15) is 29.5 Å².